The number of nitro groups is 1. The topological polar surface area (TPSA) is 105 Å². The molecule has 1 heterocycles. The van der Waals surface area contributed by atoms with Gasteiger partial charge in [-0.25, -0.2) is 0 Å². The van der Waals surface area contributed by atoms with Gasteiger partial charge in [-0.2, -0.15) is 0 Å². The number of non-ortho nitro benzene ring substituents is 1. The van der Waals surface area contributed by atoms with Gasteiger partial charge in [0.25, 0.3) is 11.2 Å². The van der Waals surface area contributed by atoms with Crippen molar-refractivity contribution in [1.29, 1.82) is 5.41 Å². The summed E-state index contributed by atoms with van der Waals surface area (Å²) in [7, 11) is 1.56. The molecule has 0 saturated heterocycles. The third-order valence-corrected chi connectivity index (χ3v) is 2.82. The maximum atomic E-state index is 11.9. The summed E-state index contributed by atoms with van der Waals surface area (Å²) in [6.07, 6.45) is 0. The molecule has 0 bridgehead atoms. The van der Waals surface area contributed by atoms with E-state index in [4.69, 9.17) is 5.41 Å². The van der Waals surface area contributed by atoms with Crippen LogP contribution < -0.4 is 5.56 Å². The monoisotopic (exact) mass is 260 g/mol. The zero-order valence-corrected chi connectivity index (χ0v) is 10.4. The second kappa shape index (κ2) is 4.52. The molecule has 0 unspecified atom stereocenters. The SMILES string of the molecule is Cc1[nH]n(C)c(=O)c1C(=N)c1cccc([N+](=O)[O-])c1. The summed E-state index contributed by atoms with van der Waals surface area (Å²) in [5.41, 5.74) is 0.672. The lowest BCUT2D eigenvalue weighted by Gasteiger charge is -2.02. The quantitative estimate of drug-likeness (QED) is 0.494. The van der Waals surface area contributed by atoms with Crippen LogP contribution in [-0.2, 0) is 7.05 Å². The van der Waals surface area contributed by atoms with Gasteiger partial charge in [-0.1, -0.05) is 12.1 Å². The second-order valence-electron chi connectivity index (χ2n) is 4.16. The van der Waals surface area contributed by atoms with E-state index in [1.165, 1.54) is 22.9 Å². The molecular formula is C12H12N4O3. The lowest BCUT2D eigenvalue weighted by Crippen LogP contribution is -2.19. The molecular weight excluding hydrogens is 248 g/mol. The van der Waals surface area contributed by atoms with Gasteiger partial charge in [-0.15, -0.1) is 0 Å². The summed E-state index contributed by atoms with van der Waals surface area (Å²) in [5.74, 6) is 0. The van der Waals surface area contributed by atoms with E-state index >= 15 is 0 Å². The molecule has 2 aromatic rings. The van der Waals surface area contributed by atoms with E-state index in [2.05, 4.69) is 5.10 Å². The lowest BCUT2D eigenvalue weighted by molar-refractivity contribution is -0.384. The zero-order chi connectivity index (χ0) is 14.2. The smallest absolute Gasteiger partial charge is 0.275 e. The van der Waals surface area contributed by atoms with Crippen molar-refractivity contribution in [2.24, 2.45) is 7.05 Å². The highest BCUT2D eigenvalue weighted by molar-refractivity contribution is 6.11. The maximum absolute atomic E-state index is 11.9. The minimum atomic E-state index is -0.529. The molecule has 7 heteroatoms. The maximum Gasteiger partial charge on any atom is 0.275 e. The van der Waals surface area contributed by atoms with Gasteiger partial charge in [-0.05, 0) is 6.92 Å². The molecule has 2 N–H and O–H groups in total. The second-order valence-corrected chi connectivity index (χ2v) is 4.16. The first-order valence-electron chi connectivity index (χ1n) is 5.51. The Bertz CT molecular complexity index is 727. The minimum absolute atomic E-state index is 0.0250. The summed E-state index contributed by atoms with van der Waals surface area (Å²) >= 11 is 0. The summed E-state index contributed by atoms with van der Waals surface area (Å²) in [6, 6.07) is 5.70. The van der Waals surface area contributed by atoms with E-state index in [1.807, 2.05) is 0 Å². The number of aromatic amines is 1. The first-order valence-corrected chi connectivity index (χ1v) is 5.51. The lowest BCUT2D eigenvalue weighted by atomic mass is 10.0. The number of nitro benzene ring substituents is 1. The third-order valence-electron chi connectivity index (χ3n) is 2.82. The van der Waals surface area contributed by atoms with Crippen LogP contribution in [0.4, 0.5) is 5.69 Å². The molecule has 1 aromatic heterocycles. The predicted molar refractivity (Wildman–Crippen MR) is 69.8 cm³/mol. The normalized spacial score (nSPS) is 10.4. The highest BCUT2D eigenvalue weighted by Crippen LogP contribution is 2.16. The molecule has 0 amide bonds. The van der Waals surface area contributed by atoms with Gasteiger partial charge in [0.1, 0.15) is 0 Å². The Morgan fingerprint density at radius 2 is 2.16 bits per heavy atom. The molecule has 0 aliphatic carbocycles. The molecule has 19 heavy (non-hydrogen) atoms. The van der Waals surface area contributed by atoms with Crippen LogP contribution in [-0.4, -0.2) is 20.4 Å². The minimum Gasteiger partial charge on any atom is -0.300 e. The van der Waals surface area contributed by atoms with Crippen LogP contribution in [0.1, 0.15) is 16.8 Å². The van der Waals surface area contributed by atoms with Crippen LogP contribution in [0.25, 0.3) is 0 Å². The first kappa shape index (κ1) is 12.7. The Morgan fingerprint density at radius 1 is 1.47 bits per heavy atom. The van der Waals surface area contributed by atoms with Crippen molar-refractivity contribution in [3.8, 4) is 0 Å². The van der Waals surface area contributed by atoms with Crippen molar-refractivity contribution >= 4 is 11.4 Å². The number of hydrogen-bond acceptors (Lipinski definition) is 4. The van der Waals surface area contributed by atoms with Crippen LogP contribution in [0.5, 0.6) is 0 Å². The van der Waals surface area contributed by atoms with E-state index < -0.39 is 4.92 Å². The van der Waals surface area contributed by atoms with Gasteiger partial charge >= 0.3 is 0 Å². The average molecular weight is 260 g/mol. The van der Waals surface area contributed by atoms with Crippen molar-refractivity contribution in [3.05, 3.63) is 61.6 Å². The number of aryl methyl sites for hydroxylation is 2. The van der Waals surface area contributed by atoms with Crippen molar-refractivity contribution in [1.82, 2.24) is 9.78 Å². The average Bonchev–Trinajstić information content (AvgIpc) is 2.62. The summed E-state index contributed by atoms with van der Waals surface area (Å²) in [5, 5.41) is 21.6. The molecule has 7 nitrogen and oxygen atoms in total. The van der Waals surface area contributed by atoms with E-state index in [-0.39, 0.29) is 22.5 Å². The summed E-state index contributed by atoms with van der Waals surface area (Å²) < 4.78 is 1.27. The van der Waals surface area contributed by atoms with Crippen molar-refractivity contribution < 1.29 is 4.92 Å². The Morgan fingerprint density at radius 3 is 2.68 bits per heavy atom. The summed E-state index contributed by atoms with van der Waals surface area (Å²) in [6.45, 7) is 1.68. The molecule has 2 rings (SSSR count). The van der Waals surface area contributed by atoms with Crippen molar-refractivity contribution in [2.45, 2.75) is 6.92 Å². The van der Waals surface area contributed by atoms with Crippen LogP contribution >= 0.6 is 0 Å². The fourth-order valence-corrected chi connectivity index (χ4v) is 1.90. The number of nitrogens with one attached hydrogen (secondary N) is 2. The number of hydrogen-bond donors (Lipinski definition) is 2. The van der Waals surface area contributed by atoms with Gasteiger partial charge in [0.05, 0.1) is 16.2 Å². The fourth-order valence-electron chi connectivity index (χ4n) is 1.90. The molecule has 0 saturated carbocycles. The van der Waals surface area contributed by atoms with Crippen LogP contribution in [0.15, 0.2) is 29.1 Å². The van der Waals surface area contributed by atoms with Gasteiger partial charge in [0.15, 0.2) is 0 Å². The molecule has 0 aliphatic rings. The van der Waals surface area contributed by atoms with E-state index in [0.717, 1.165) is 0 Å². The number of benzene rings is 1. The largest absolute Gasteiger partial charge is 0.300 e. The Hall–Kier alpha value is -2.70. The molecule has 0 radical (unpaired) electrons. The molecule has 0 aliphatic heterocycles. The highest BCUT2D eigenvalue weighted by Gasteiger charge is 2.17. The predicted octanol–water partition coefficient (Wildman–Crippen LogP) is 1.35. The molecule has 0 fully saturated rings. The number of nitrogens with zero attached hydrogens (tertiary/aromatic N) is 2. The van der Waals surface area contributed by atoms with Crippen LogP contribution in [0.3, 0.4) is 0 Å². The molecule has 0 spiro atoms. The zero-order valence-electron chi connectivity index (χ0n) is 10.4. The van der Waals surface area contributed by atoms with E-state index in [9.17, 15) is 14.9 Å². The van der Waals surface area contributed by atoms with Crippen LogP contribution in [0.2, 0.25) is 0 Å². The third kappa shape index (κ3) is 2.17. The van der Waals surface area contributed by atoms with Crippen LogP contribution in [0, 0.1) is 22.4 Å². The fraction of sp³-hybridized carbons (Fsp3) is 0.167. The van der Waals surface area contributed by atoms with Crippen molar-refractivity contribution in [3.63, 3.8) is 0 Å². The van der Waals surface area contributed by atoms with Gasteiger partial charge < -0.3 is 0 Å². The number of H-pyrrole nitrogens is 1. The van der Waals surface area contributed by atoms with Gasteiger partial charge in [-0.3, -0.25) is 30.1 Å². The van der Waals surface area contributed by atoms with Gasteiger partial charge in [0, 0.05) is 30.4 Å². The number of rotatable bonds is 3. The van der Waals surface area contributed by atoms with Crippen molar-refractivity contribution in [2.75, 3.05) is 0 Å². The van der Waals surface area contributed by atoms with E-state index in [1.54, 1.807) is 20.0 Å². The number of aromatic nitrogens is 2. The molecule has 98 valence electrons. The Balaban J connectivity index is 2.53. The molecule has 0 atom stereocenters. The highest BCUT2D eigenvalue weighted by atomic mass is 16.6. The molecule has 1 aromatic carbocycles. The Labute approximate surface area is 108 Å². The van der Waals surface area contributed by atoms with E-state index in [0.29, 0.717) is 11.3 Å². The first-order chi connectivity index (χ1) is 8.91. The Kier molecular flexibility index (Phi) is 3.04. The van der Waals surface area contributed by atoms with Gasteiger partial charge in [0.2, 0.25) is 0 Å². The summed E-state index contributed by atoms with van der Waals surface area (Å²) in [4.78, 5) is 22.1. The standard InChI is InChI=1S/C12H12N4O3/c1-7-10(12(17)15(2)14-7)11(13)8-4-3-5-9(6-8)16(18)19/h3-6,13-14H,1-2H3.